The Morgan fingerprint density at radius 2 is 1.85 bits per heavy atom. The maximum Gasteiger partial charge on any atom is 0.340 e. The number of benzene rings is 1. The van der Waals surface area contributed by atoms with Gasteiger partial charge in [-0.3, -0.25) is 9.69 Å². The number of hydrogen-bond donors (Lipinski definition) is 1. The van der Waals surface area contributed by atoms with Crippen LogP contribution in [0, 0.1) is 13.8 Å². The summed E-state index contributed by atoms with van der Waals surface area (Å²) in [7, 11) is 2.08. The van der Waals surface area contributed by atoms with Crippen molar-refractivity contribution in [2.24, 2.45) is 0 Å². The summed E-state index contributed by atoms with van der Waals surface area (Å²) in [6.07, 6.45) is 0. The van der Waals surface area contributed by atoms with Gasteiger partial charge in [0.1, 0.15) is 5.75 Å². The van der Waals surface area contributed by atoms with Gasteiger partial charge in [-0.2, -0.15) is 0 Å². The third-order valence-electron chi connectivity index (χ3n) is 4.93. The van der Waals surface area contributed by atoms with Gasteiger partial charge in [-0.25, -0.2) is 4.79 Å². The molecule has 27 heavy (non-hydrogen) atoms. The number of piperazine rings is 1. The SMILES string of the molecule is CCOC(=O)c1c(C)[nH]c2cc(C)c(OC(=O)CN3CCN(C)CC3)cc12. The Balaban J connectivity index is 1.79. The molecule has 0 aliphatic carbocycles. The predicted octanol–water partition coefficient (Wildman–Crippen LogP) is 2.11. The summed E-state index contributed by atoms with van der Waals surface area (Å²) >= 11 is 0. The Labute approximate surface area is 159 Å². The fourth-order valence-corrected chi connectivity index (χ4v) is 3.38. The molecule has 1 saturated heterocycles. The molecule has 1 aliphatic rings. The predicted molar refractivity (Wildman–Crippen MR) is 103 cm³/mol. The minimum atomic E-state index is -0.375. The number of fused-ring (bicyclic) bond motifs is 1. The lowest BCUT2D eigenvalue weighted by Gasteiger charge is -2.31. The lowest BCUT2D eigenvalue weighted by atomic mass is 10.1. The second-order valence-corrected chi connectivity index (χ2v) is 7.06. The number of likely N-dealkylation sites (N-methyl/N-ethyl adjacent to an activating group) is 1. The van der Waals surface area contributed by atoms with Crippen LogP contribution in [0.5, 0.6) is 5.75 Å². The minimum Gasteiger partial charge on any atom is -0.462 e. The standard InChI is InChI=1S/C20H27N3O4/c1-5-26-20(25)19-14(3)21-16-10-13(2)17(11-15(16)19)27-18(24)12-23-8-6-22(4)7-9-23/h10-11,21H,5-9,12H2,1-4H3. The highest BCUT2D eigenvalue weighted by molar-refractivity contribution is 6.06. The highest BCUT2D eigenvalue weighted by atomic mass is 16.5. The van der Waals surface area contributed by atoms with Crippen LogP contribution in [-0.2, 0) is 9.53 Å². The molecule has 0 unspecified atom stereocenters. The number of aromatic amines is 1. The Morgan fingerprint density at radius 1 is 1.15 bits per heavy atom. The van der Waals surface area contributed by atoms with E-state index in [2.05, 4.69) is 21.8 Å². The van der Waals surface area contributed by atoms with Crippen LogP contribution >= 0.6 is 0 Å². The smallest absolute Gasteiger partial charge is 0.340 e. The summed E-state index contributed by atoms with van der Waals surface area (Å²) in [4.78, 5) is 32.2. The lowest BCUT2D eigenvalue weighted by Crippen LogP contribution is -2.46. The molecule has 2 heterocycles. The first-order chi connectivity index (χ1) is 12.9. The maximum absolute atomic E-state index is 12.4. The van der Waals surface area contributed by atoms with E-state index in [4.69, 9.17) is 9.47 Å². The fourth-order valence-electron chi connectivity index (χ4n) is 3.38. The third-order valence-corrected chi connectivity index (χ3v) is 4.93. The number of H-pyrrole nitrogens is 1. The van der Waals surface area contributed by atoms with Gasteiger partial charge in [0.15, 0.2) is 0 Å². The monoisotopic (exact) mass is 373 g/mol. The van der Waals surface area contributed by atoms with Crippen molar-refractivity contribution in [1.29, 1.82) is 0 Å². The summed E-state index contributed by atoms with van der Waals surface area (Å²) in [5.74, 6) is -0.182. The Bertz CT molecular complexity index is 851. The van der Waals surface area contributed by atoms with E-state index in [1.807, 2.05) is 19.9 Å². The van der Waals surface area contributed by atoms with Crippen molar-refractivity contribution < 1.29 is 19.1 Å². The first kappa shape index (κ1) is 19.4. The van der Waals surface area contributed by atoms with Gasteiger partial charge in [-0.05, 0) is 45.5 Å². The van der Waals surface area contributed by atoms with Crippen LogP contribution in [0.3, 0.4) is 0 Å². The highest BCUT2D eigenvalue weighted by Gasteiger charge is 2.21. The lowest BCUT2D eigenvalue weighted by molar-refractivity contribution is -0.136. The van der Waals surface area contributed by atoms with Crippen molar-refractivity contribution in [3.63, 3.8) is 0 Å². The molecule has 0 saturated carbocycles. The van der Waals surface area contributed by atoms with E-state index >= 15 is 0 Å². The number of rotatable bonds is 5. The fraction of sp³-hybridized carbons (Fsp3) is 0.500. The zero-order chi connectivity index (χ0) is 19.6. The average Bonchev–Trinajstić information content (AvgIpc) is 2.92. The van der Waals surface area contributed by atoms with Crippen LogP contribution in [0.15, 0.2) is 12.1 Å². The first-order valence-electron chi connectivity index (χ1n) is 9.30. The van der Waals surface area contributed by atoms with Gasteiger partial charge in [-0.15, -0.1) is 0 Å². The molecule has 7 heteroatoms. The van der Waals surface area contributed by atoms with Crippen LogP contribution in [0.4, 0.5) is 0 Å². The van der Waals surface area contributed by atoms with Crippen molar-refractivity contribution in [3.8, 4) is 5.75 Å². The molecule has 1 N–H and O–H groups in total. The van der Waals surface area contributed by atoms with Gasteiger partial charge in [-0.1, -0.05) is 0 Å². The molecule has 1 aliphatic heterocycles. The van der Waals surface area contributed by atoms with E-state index in [1.54, 1.807) is 13.0 Å². The normalized spacial score (nSPS) is 15.9. The molecule has 1 aromatic carbocycles. The number of aryl methyl sites for hydroxylation is 2. The number of carbonyl (C=O) groups is 2. The molecule has 0 radical (unpaired) electrons. The van der Waals surface area contributed by atoms with Gasteiger partial charge < -0.3 is 19.4 Å². The van der Waals surface area contributed by atoms with Gasteiger partial charge in [0.25, 0.3) is 0 Å². The first-order valence-corrected chi connectivity index (χ1v) is 9.30. The van der Waals surface area contributed by atoms with Crippen LogP contribution < -0.4 is 4.74 Å². The van der Waals surface area contributed by atoms with Crippen LogP contribution in [0.25, 0.3) is 10.9 Å². The molecule has 146 valence electrons. The molecule has 7 nitrogen and oxygen atoms in total. The van der Waals surface area contributed by atoms with Gasteiger partial charge in [0.2, 0.25) is 0 Å². The van der Waals surface area contributed by atoms with Crippen LogP contribution in [-0.4, -0.2) is 73.1 Å². The van der Waals surface area contributed by atoms with E-state index in [-0.39, 0.29) is 18.5 Å². The van der Waals surface area contributed by atoms with Crippen molar-refractivity contribution in [2.75, 3.05) is 46.4 Å². The third kappa shape index (κ3) is 4.31. The molecule has 0 spiro atoms. The molecular formula is C20H27N3O4. The zero-order valence-corrected chi connectivity index (χ0v) is 16.4. The molecule has 1 fully saturated rings. The number of esters is 2. The number of aromatic nitrogens is 1. The van der Waals surface area contributed by atoms with Crippen molar-refractivity contribution in [3.05, 3.63) is 29.0 Å². The number of nitrogens with zero attached hydrogens (tertiary/aromatic N) is 2. The van der Waals surface area contributed by atoms with Crippen LogP contribution in [0.2, 0.25) is 0 Å². The number of carbonyl (C=O) groups excluding carboxylic acids is 2. The largest absolute Gasteiger partial charge is 0.462 e. The maximum atomic E-state index is 12.4. The Kier molecular flexibility index (Phi) is 5.82. The summed E-state index contributed by atoms with van der Waals surface area (Å²) in [5, 5.41) is 0.707. The van der Waals surface area contributed by atoms with Crippen LogP contribution in [0.1, 0.15) is 28.5 Å². The number of nitrogens with one attached hydrogen (secondary N) is 1. The van der Waals surface area contributed by atoms with Crippen molar-refractivity contribution in [2.45, 2.75) is 20.8 Å². The Hall–Kier alpha value is -2.38. The quantitative estimate of drug-likeness (QED) is 0.639. The molecule has 1 aromatic heterocycles. The van der Waals surface area contributed by atoms with E-state index in [0.717, 1.165) is 43.0 Å². The van der Waals surface area contributed by atoms with Crippen molar-refractivity contribution in [1.82, 2.24) is 14.8 Å². The second kappa shape index (κ2) is 8.10. The summed E-state index contributed by atoms with van der Waals surface area (Å²) in [6, 6.07) is 3.64. The molecule has 0 bridgehead atoms. The second-order valence-electron chi connectivity index (χ2n) is 7.06. The van der Waals surface area contributed by atoms with E-state index < -0.39 is 0 Å². The minimum absolute atomic E-state index is 0.266. The average molecular weight is 373 g/mol. The zero-order valence-electron chi connectivity index (χ0n) is 16.4. The van der Waals surface area contributed by atoms with Crippen molar-refractivity contribution >= 4 is 22.8 Å². The molecule has 3 rings (SSSR count). The highest BCUT2D eigenvalue weighted by Crippen LogP contribution is 2.30. The summed E-state index contributed by atoms with van der Waals surface area (Å²) in [5.41, 5.74) is 2.89. The van der Waals surface area contributed by atoms with E-state index in [1.165, 1.54) is 0 Å². The molecule has 2 aromatic rings. The topological polar surface area (TPSA) is 74.9 Å². The number of ether oxygens (including phenoxy) is 2. The van der Waals surface area contributed by atoms with Gasteiger partial charge >= 0.3 is 11.9 Å². The Morgan fingerprint density at radius 3 is 2.52 bits per heavy atom. The summed E-state index contributed by atoms with van der Waals surface area (Å²) in [6.45, 7) is 9.68. The van der Waals surface area contributed by atoms with Gasteiger partial charge in [0, 0.05) is 42.8 Å². The molecular weight excluding hydrogens is 346 g/mol. The van der Waals surface area contributed by atoms with E-state index in [9.17, 15) is 9.59 Å². The number of hydrogen-bond acceptors (Lipinski definition) is 6. The van der Waals surface area contributed by atoms with E-state index in [0.29, 0.717) is 23.3 Å². The molecule has 0 amide bonds. The van der Waals surface area contributed by atoms with Gasteiger partial charge in [0.05, 0.1) is 18.7 Å². The summed E-state index contributed by atoms with van der Waals surface area (Å²) < 4.78 is 10.8. The molecule has 0 atom stereocenters.